The zero-order valence-electron chi connectivity index (χ0n) is 18.5. The molecule has 2 aliphatic heterocycles. The average Bonchev–Trinajstić information content (AvgIpc) is 3.11. The predicted octanol–water partition coefficient (Wildman–Crippen LogP) is 1.88. The van der Waals surface area contributed by atoms with Crippen LogP contribution in [0.1, 0.15) is 39.9 Å². The molecule has 2 heterocycles. The topological polar surface area (TPSA) is 99.2 Å². The van der Waals surface area contributed by atoms with Gasteiger partial charge in [-0.2, -0.15) is 0 Å². The van der Waals surface area contributed by atoms with Gasteiger partial charge in [0.2, 0.25) is 0 Å². The van der Waals surface area contributed by atoms with Gasteiger partial charge in [0.1, 0.15) is 0 Å². The molecule has 1 fully saturated rings. The molecule has 0 bridgehead atoms. The Bertz CT molecular complexity index is 1130. The molecule has 2 aromatic rings. The van der Waals surface area contributed by atoms with Crippen LogP contribution in [0.4, 0.5) is 11.4 Å². The second-order valence-corrected chi connectivity index (χ2v) is 8.91. The maximum absolute atomic E-state index is 13.1. The monoisotopic (exact) mass is 449 g/mol. The number of nitrogens with one attached hydrogen (secondary N) is 1. The maximum atomic E-state index is 13.1. The summed E-state index contributed by atoms with van der Waals surface area (Å²) in [4.78, 5) is 41.3. The number of nitrogens with zero attached hydrogens (tertiary/aromatic N) is 2. The van der Waals surface area contributed by atoms with Gasteiger partial charge in [-0.3, -0.25) is 14.4 Å². The van der Waals surface area contributed by atoms with Crippen molar-refractivity contribution >= 4 is 29.1 Å². The third-order valence-electron chi connectivity index (χ3n) is 6.68. The zero-order valence-corrected chi connectivity index (χ0v) is 18.5. The molecule has 8 nitrogen and oxygen atoms in total. The van der Waals surface area contributed by atoms with E-state index in [-0.39, 0.29) is 19.1 Å². The second kappa shape index (κ2) is 8.61. The highest BCUT2D eigenvalue weighted by Gasteiger charge is 2.40. The lowest BCUT2D eigenvalue weighted by Gasteiger charge is -2.34. The number of hydrogen-bond donors (Lipinski definition) is 2. The number of fused-ring (bicyclic) bond motifs is 2. The standard InChI is InChI=1S/C25H27N3O5/c1-27-14-17-7-9-19(13-20(17)24(27)31)28-10-11-33-22(25(28)32)21(29)23(30)26-18-8-6-15-4-2-3-5-16(15)12-18/h6-9,12-13,21-22,29H,2-5,10-11,14H2,1H3,(H,26,30)/t21-,22-/m1/s1. The fraction of sp³-hybridized carbons (Fsp3) is 0.400. The van der Waals surface area contributed by atoms with E-state index in [9.17, 15) is 19.5 Å². The molecule has 0 spiro atoms. The van der Waals surface area contributed by atoms with Crippen LogP contribution in [0.3, 0.4) is 0 Å². The van der Waals surface area contributed by atoms with E-state index in [0.29, 0.717) is 23.5 Å². The molecular formula is C25H27N3O5. The Morgan fingerprint density at radius 2 is 1.85 bits per heavy atom. The van der Waals surface area contributed by atoms with E-state index in [4.69, 9.17) is 4.74 Å². The molecule has 33 heavy (non-hydrogen) atoms. The van der Waals surface area contributed by atoms with Crippen LogP contribution in [-0.2, 0) is 33.7 Å². The summed E-state index contributed by atoms with van der Waals surface area (Å²) in [6.45, 7) is 0.984. The molecule has 2 aromatic carbocycles. The summed E-state index contributed by atoms with van der Waals surface area (Å²) in [5.74, 6) is -1.28. The van der Waals surface area contributed by atoms with Gasteiger partial charge in [0.05, 0.1) is 6.61 Å². The van der Waals surface area contributed by atoms with Crippen LogP contribution in [0.15, 0.2) is 36.4 Å². The summed E-state index contributed by atoms with van der Waals surface area (Å²) in [6, 6.07) is 11.1. The summed E-state index contributed by atoms with van der Waals surface area (Å²) in [5.41, 5.74) is 5.13. The molecule has 8 heteroatoms. The van der Waals surface area contributed by atoms with Crippen molar-refractivity contribution in [2.24, 2.45) is 0 Å². The molecule has 172 valence electrons. The fourth-order valence-corrected chi connectivity index (χ4v) is 4.86. The van der Waals surface area contributed by atoms with E-state index in [1.165, 1.54) is 22.4 Å². The summed E-state index contributed by atoms with van der Waals surface area (Å²) in [5, 5.41) is 13.4. The SMILES string of the molecule is CN1Cc2ccc(N3CCO[C@H]([C@@H](O)C(=O)Nc4ccc5c(c4)CCCC5)C3=O)cc2C1=O. The highest BCUT2D eigenvalue weighted by Crippen LogP contribution is 2.29. The van der Waals surface area contributed by atoms with Crippen molar-refractivity contribution in [3.05, 3.63) is 58.7 Å². The molecular weight excluding hydrogens is 422 g/mol. The molecule has 5 rings (SSSR count). The molecule has 2 atom stereocenters. The van der Waals surface area contributed by atoms with E-state index >= 15 is 0 Å². The Hall–Kier alpha value is -3.23. The Labute approximate surface area is 192 Å². The first-order chi connectivity index (χ1) is 15.9. The van der Waals surface area contributed by atoms with Gasteiger partial charge >= 0.3 is 0 Å². The summed E-state index contributed by atoms with van der Waals surface area (Å²) in [6.07, 6.45) is 1.33. The number of morpholine rings is 1. The van der Waals surface area contributed by atoms with E-state index in [0.717, 1.165) is 24.8 Å². The molecule has 1 saturated heterocycles. The largest absolute Gasteiger partial charge is 0.380 e. The first kappa shape index (κ1) is 21.6. The average molecular weight is 450 g/mol. The van der Waals surface area contributed by atoms with Gasteiger partial charge in [-0.1, -0.05) is 12.1 Å². The Kier molecular flexibility index (Phi) is 5.64. The number of aliphatic hydroxyl groups is 1. The normalized spacial score (nSPS) is 21.0. The maximum Gasteiger partial charge on any atom is 0.259 e. The van der Waals surface area contributed by atoms with Crippen LogP contribution >= 0.6 is 0 Å². The van der Waals surface area contributed by atoms with E-state index < -0.39 is 24.0 Å². The number of hydrogen-bond acceptors (Lipinski definition) is 5. The predicted molar refractivity (Wildman–Crippen MR) is 122 cm³/mol. The molecule has 2 N–H and O–H groups in total. The van der Waals surface area contributed by atoms with E-state index in [1.807, 2.05) is 24.3 Å². The van der Waals surface area contributed by atoms with Gasteiger partial charge in [-0.15, -0.1) is 0 Å². The smallest absolute Gasteiger partial charge is 0.259 e. The van der Waals surface area contributed by atoms with E-state index in [1.54, 1.807) is 24.1 Å². The van der Waals surface area contributed by atoms with Crippen molar-refractivity contribution in [1.29, 1.82) is 0 Å². The molecule has 0 radical (unpaired) electrons. The van der Waals surface area contributed by atoms with Crippen molar-refractivity contribution < 1.29 is 24.2 Å². The van der Waals surface area contributed by atoms with Crippen LogP contribution in [0.25, 0.3) is 0 Å². The summed E-state index contributed by atoms with van der Waals surface area (Å²) in [7, 11) is 1.73. The number of aliphatic hydroxyl groups excluding tert-OH is 1. The lowest BCUT2D eigenvalue weighted by Crippen LogP contribution is -2.55. The minimum Gasteiger partial charge on any atom is -0.380 e. The Morgan fingerprint density at radius 1 is 1.09 bits per heavy atom. The summed E-state index contributed by atoms with van der Waals surface area (Å²) < 4.78 is 5.51. The van der Waals surface area contributed by atoms with Gasteiger partial charge in [-0.25, -0.2) is 0 Å². The fourth-order valence-electron chi connectivity index (χ4n) is 4.86. The third kappa shape index (κ3) is 4.00. The van der Waals surface area contributed by atoms with Gasteiger partial charge < -0.3 is 25.0 Å². The van der Waals surface area contributed by atoms with Crippen LogP contribution in [0, 0.1) is 0 Å². The Balaban J connectivity index is 1.30. The van der Waals surface area contributed by atoms with Crippen molar-refractivity contribution in [1.82, 2.24) is 4.90 Å². The van der Waals surface area contributed by atoms with Gasteiger partial charge in [0.25, 0.3) is 17.7 Å². The van der Waals surface area contributed by atoms with Crippen molar-refractivity contribution in [3.63, 3.8) is 0 Å². The van der Waals surface area contributed by atoms with Crippen LogP contribution in [0.2, 0.25) is 0 Å². The lowest BCUT2D eigenvalue weighted by molar-refractivity contribution is -0.150. The number of rotatable bonds is 4. The van der Waals surface area contributed by atoms with Crippen LogP contribution in [-0.4, -0.2) is 60.1 Å². The molecule has 0 aromatic heterocycles. The van der Waals surface area contributed by atoms with Crippen molar-refractivity contribution in [3.8, 4) is 0 Å². The number of amides is 3. The first-order valence-electron chi connectivity index (χ1n) is 11.3. The Morgan fingerprint density at radius 3 is 2.67 bits per heavy atom. The van der Waals surface area contributed by atoms with E-state index in [2.05, 4.69) is 5.32 Å². The second-order valence-electron chi connectivity index (χ2n) is 8.91. The number of carbonyl (C=O) groups excluding carboxylic acids is 3. The molecule has 0 saturated carbocycles. The summed E-state index contributed by atoms with van der Waals surface area (Å²) >= 11 is 0. The highest BCUT2D eigenvalue weighted by atomic mass is 16.5. The quantitative estimate of drug-likeness (QED) is 0.743. The lowest BCUT2D eigenvalue weighted by atomic mass is 9.91. The van der Waals surface area contributed by atoms with Crippen LogP contribution in [0.5, 0.6) is 0 Å². The van der Waals surface area contributed by atoms with Gasteiger partial charge in [0, 0.05) is 37.1 Å². The van der Waals surface area contributed by atoms with Crippen molar-refractivity contribution in [2.45, 2.75) is 44.4 Å². The minimum atomic E-state index is -1.65. The number of ether oxygens (including phenoxy) is 1. The molecule has 0 unspecified atom stereocenters. The van der Waals surface area contributed by atoms with Crippen molar-refractivity contribution in [2.75, 3.05) is 30.4 Å². The number of anilines is 2. The van der Waals surface area contributed by atoms with Crippen LogP contribution < -0.4 is 10.2 Å². The molecule has 3 amide bonds. The molecule has 3 aliphatic rings. The number of carbonyl (C=O) groups is 3. The minimum absolute atomic E-state index is 0.0893. The van der Waals surface area contributed by atoms with Gasteiger partial charge in [-0.05, 0) is 66.6 Å². The third-order valence-corrected chi connectivity index (χ3v) is 6.68. The zero-order chi connectivity index (χ0) is 23.1. The highest BCUT2D eigenvalue weighted by molar-refractivity contribution is 6.05. The number of benzene rings is 2. The first-order valence-corrected chi connectivity index (χ1v) is 11.3. The molecule has 1 aliphatic carbocycles. The number of aryl methyl sites for hydroxylation is 2. The van der Waals surface area contributed by atoms with Gasteiger partial charge in [0.15, 0.2) is 12.2 Å².